The number of amides is 1. The van der Waals surface area contributed by atoms with Gasteiger partial charge in [0.1, 0.15) is 4.90 Å². The first kappa shape index (κ1) is 23.5. The number of rotatable bonds is 7. The van der Waals surface area contributed by atoms with Gasteiger partial charge in [-0.25, -0.2) is 12.7 Å². The smallest absolute Gasteiger partial charge is 0.317 e. The molecule has 2 aromatic rings. The molecule has 3 rings (SSSR count). The summed E-state index contributed by atoms with van der Waals surface area (Å²) in [6, 6.07) is 11.2. The molecule has 1 fully saturated rings. The summed E-state index contributed by atoms with van der Waals surface area (Å²) in [6.07, 6.45) is 2.12. The molecule has 10 heteroatoms. The van der Waals surface area contributed by atoms with Crippen molar-refractivity contribution in [2.24, 2.45) is 0 Å². The minimum atomic E-state index is -3.79. The predicted molar refractivity (Wildman–Crippen MR) is 119 cm³/mol. The Morgan fingerprint density at radius 3 is 2.42 bits per heavy atom. The number of carbonyl (C=O) groups excluding carboxylic acids is 2. The zero-order valence-corrected chi connectivity index (χ0v) is 19.4. The lowest BCUT2D eigenvalue weighted by atomic mass is 9.64. The molecule has 0 aliphatic heterocycles. The fraction of sp³-hybridized carbons (Fsp3) is 0.333. The van der Waals surface area contributed by atoms with Crippen LogP contribution in [0, 0.1) is 0 Å². The van der Waals surface area contributed by atoms with E-state index < -0.39 is 33.9 Å². The molecule has 7 nitrogen and oxygen atoms in total. The summed E-state index contributed by atoms with van der Waals surface area (Å²) < 4.78 is 31.0. The Balaban J connectivity index is 1.67. The van der Waals surface area contributed by atoms with Crippen LogP contribution in [0.15, 0.2) is 47.4 Å². The average molecular weight is 485 g/mol. The molecule has 2 aromatic carbocycles. The third kappa shape index (κ3) is 4.87. The highest BCUT2D eigenvalue weighted by Gasteiger charge is 2.47. The molecule has 0 bridgehead atoms. The Bertz CT molecular complexity index is 1110. The number of anilines is 1. The molecule has 0 spiro atoms. The summed E-state index contributed by atoms with van der Waals surface area (Å²) in [4.78, 5) is 25.0. The van der Waals surface area contributed by atoms with Crippen molar-refractivity contribution in [3.8, 4) is 0 Å². The Kier molecular flexibility index (Phi) is 6.95. The minimum absolute atomic E-state index is 0.0339. The van der Waals surface area contributed by atoms with Crippen molar-refractivity contribution >= 4 is 50.8 Å². The summed E-state index contributed by atoms with van der Waals surface area (Å²) in [6.45, 7) is -0.500. The zero-order chi connectivity index (χ0) is 22.8. The third-order valence-corrected chi connectivity index (χ3v) is 7.81. The lowest BCUT2D eigenvalue weighted by Crippen LogP contribution is -2.44. The molecule has 166 valence electrons. The van der Waals surface area contributed by atoms with Crippen molar-refractivity contribution in [3.05, 3.63) is 58.1 Å². The average Bonchev–Trinajstić information content (AvgIpc) is 2.67. The molecule has 0 radical (unpaired) electrons. The maximum atomic E-state index is 12.8. The lowest BCUT2D eigenvalue weighted by molar-refractivity contribution is -0.156. The first-order valence-electron chi connectivity index (χ1n) is 9.51. The third-order valence-electron chi connectivity index (χ3n) is 5.28. The number of hydrogen-bond donors (Lipinski definition) is 1. The summed E-state index contributed by atoms with van der Waals surface area (Å²) in [7, 11) is -1.02. The van der Waals surface area contributed by atoms with Crippen LogP contribution in [0.3, 0.4) is 0 Å². The van der Waals surface area contributed by atoms with Crippen molar-refractivity contribution in [2.45, 2.75) is 29.6 Å². The van der Waals surface area contributed by atoms with Crippen LogP contribution in [-0.2, 0) is 29.8 Å². The van der Waals surface area contributed by atoms with Crippen LogP contribution < -0.4 is 5.32 Å². The van der Waals surface area contributed by atoms with E-state index in [1.54, 1.807) is 18.2 Å². The fourth-order valence-electron chi connectivity index (χ4n) is 3.37. The number of sulfonamides is 1. The van der Waals surface area contributed by atoms with E-state index >= 15 is 0 Å². The molecule has 1 N–H and O–H groups in total. The van der Waals surface area contributed by atoms with Gasteiger partial charge in [-0.05, 0) is 48.7 Å². The van der Waals surface area contributed by atoms with Crippen molar-refractivity contribution in [1.82, 2.24) is 4.31 Å². The SMILES string of the molecule is CN(C)S(=O)(=O)c1cc(NC(=O)COC(=O)C2(c3cccc(Cl)c3)CCC2)ccc1Cl. The molecule has 0 heterocycles. The number of carbonyl (C=O) groups is 2. The first-order valence-corrected chi connectivity index (χ1v) is 11.7. The number of benzene rings is 2. The monoisotopic (exact) mass is 484 g/mol. The van der Waals surface area contributed by atoms with Crippen molar-refractivity contribution in [3.63, 3.8) is 0 Å². The van der Waals surface area contributed by atoms with Crippen LogP contribution in [0.4, 0.5) is 5.69 Å². The maximum absolute atomic E-state index is 12.8. The normalized spacial score (nSPS) is 15.3. The highest BCUT2D eigenvalue weighted by molar-refractivity contribution is 7.89. The number of nitrogens with one attached hydrogen (secondary N) is 1. The van der Waals surface area contributed by atoms with Crippen LogP contribution in [-0.4, -0.2) is 45.3 Å². The quantitative estimate of drug-likeness (QED) is 0.602. The van der Waals surface area contributed by atoms with Gasteiger partial charge in [0.05, 0.1) is 10.4 Å². The summed E-state index contributed by atoms with van der Waals surface area (Å²) in [5.41, 5.74) is 0.199. The largest absolute Gasteiger partial charge is 0.455 e. The second kappa shape index (κ2) is 9.16. The number of esters is 1. The number of halogens is 2. The van der Waals surface area contributed by atoms with Gasteiger partial charge in [-0.3, -0.25) is 9.59 Å². The van der Waals surface area contributed by atoms with Gasteiger partial charge in [-0.15, -0.1) is 0 Å². The maximum Gasteiger partial charge on any atom is 0.317 e. The Hall–Kier alpha value is -2.13. The topological polar surface area (TPSA) is 92.8 Å². The summed E-state index contributed by atoms with van der Waals surface area (Å²) in [5, 5.41) is 3.10. The second-order valence-corrected chi connectivity index (χ2v) is 10.5. The molecule has 1 aliphatic carbocycles. The fourth-order valence-corrected chi connectivity index (χ4v) is 4.95. The van der Waals surface area contributed by atoms with E-state index in [1.165, 1.54) is 32.3 Å². The van der Waals surface area contributed by atoms with E-state index in [1.807, 2.05) is 6.07 Å². The van der Waals surface area contributed by atoms with Gasteiger partial charge < -0.3 is 10.1 Å². The van der Waals surface area contributed by atoms with Crippen molar-refractivity contribution < 1.29 is 22.7 Å². The van der Waals surface area contributed by atoms with Gasteiger partial charge in [0, 0.05) is 24.8 Å². The molecular formula is C21H22Cl2N2O5S. The predicted octanol–water partition coefficient (Wildman–Crippen LogP) is 3.85. The van der Waals surface area contributed by atoms with Crippen LogP contribution >= 0.6 is 23.2 Å². The molecule has 31 heavy (non-hydrogen) atoms. The van der Waals surface area contributed by atoms with Gasteiger partial charge >= 0.3 is 5.97 Å². The highest BCUT2D eigenvalue weighted by Crippen LogP contribution is 2.45. The number of ether oxygens (including phenoxy) is 1. The Morgan fingerprint density at radius 1 is 1.13 bits per heavy atom. The Morgan fingerprint density at radius 2 is 1.84 bits per heavy atom. The first-order chi connectivity index (χ1) is 14.6. The van der Waals surface area contributed by atoms with E-state index in [4.69, 9.17) is 27.9 Å². The second-order valence-electron chi connectivity index (χ2n) is 7.50. The van der Waals surface area contributed by atoms with E-state index in [0.29, 0.717) is 17.9 Å². The van der Waals surface area contributed by atoms with Gasteiger partial charge in [-0.2, -0.15) is 0 Å². The molecule has 0 saturated heterocycles. The number of nitrogens with zero attached hydrogens (tertiary/aromatic N) is 1. The van der Waals surface area contributed by atoms with Crippen molar-refractivity contribution in [1.29, 1.82) is 0 Å². The summed E-state index contributed by atoms with van der Waals surface area (Å²) in [5.74, 6) is -1.08. The Labute approximate surface area is 191 Å². The summed E-state index contributed by atoms with van der Waals surface area (Å²) >= 11 is 12.1. The molecule has 1 aliphatic rings. The van der Waals surface area contributed by atoms with E-state index in [2.05, 4.69) is 5.32 Å². The van der Waals surface area contributed by atoms with Gasteiger partial charge in [0.2, 0.25) is 10.0 Å². The molecular weight excluding hydrogens is 463 g/mol. The molecule has 0 unspecified atom stereocenters. The van der Waals surface area contributed by atoms with Crippen LogP contribution in [0.5, 0.6) is 0 Å². The van der Waals surface area contributed by atoms with Crippen molar-refractivity contribution in [2.75, 3.05) is 26.0 Å². The molecule has 0 aromatic heterocycles. The standard InChI is InChI=1S/C21H22Cl2N2O5S/c1-25(2)31(28,29)18-12-16(7-8-17(18)23)24-19(26)13-30-20(27)21(9-4-10-21)14-5-3-6-15(22)11-14/h3,5-8,11-12H,4,9-10,13H2,1-2H3,(H,24,26). The van der Waals surface area contributed by atoms with Gasteiger partial charge in [0.25, 0.3) is 5.91 Å². The number of hydrogen-bond acceptors (Lipinski definition) is 5. The molecule has 0 atom stereocenters. The lowest BCUT2D eigenvalue weighted by Gasteiger charge is -2.39. The van der Waals surface area contributed by atoms with Crippen LogP contribution in [0.25, 0.3) is 0 Å². The van der Waals surface area contributed by atoms with Gasteiger partial charge in [-0.1, -0.05) is 41.8 Å². The molecule has 1 amide bonds. The molecule has 1 saturated carbocycles. The van der Waals surface area contributed by atoms with Gasteiger partial charge in [0.15, 0.2) is 6.61 Å². The highest BCUT2D eigenvalue weighted by atomic mass is 35.5. The minimum Gasteiger partial charge on any atom is -0.455 e. The zero-order valence-electron chi connectivity index (χ0n) is 17.0. The van der Waals surface area contributed by atoms with E-state index in [-0.39, 0.29) is 15.6 Å². The van der Waals surface area contributed by atoms with E-state index in [0.717, 1.165) is 16.3 Å². The van der Waals surface area contributed by atoms with E-state index in [9.17, 15) is 18.0 Å². The van der Waals surface area contributed by atoms with Crippen LogP contribution in [0.2, 0.25) is 10.0 Å². The van der Waals surface area contributed by atoms with Crippen LogP contribution in [0.1, 0.15) is 24.8 Å².